The number of aliphatic hydroxyl groups is 1. The number of hydrogen-bond donors (Lipinski definition) is 2. The predicted octanol–water partition coefficient (Wildman–Crippen LogP) is 2.16. The zero-order chi connectivity index (χ0) is 15.5. The molecule has 0 amide bonds. The maximum atomic E-state index is 12.4. The van der Waals surface area contributed by atoms with E-state index in [0.29, 0.717) is 22.4 Å². The smallest absolute Gasteiger partial charge is 0.262 e. The maximum Gasteiger partial charge on any atom is 0.262 e. The van der Waals surface area contributed by atoms with Gasteiger partial charge < -0.3 is 5.11 Å². The molecule has 0 aliphatic carbocycles. The van der Waals surface area contributed by atoms with Crippen LogP contribution in [0.15, 0.2) is 47.4 Å². The molecule has 0 aromatic heterocycles. The zero-order valence-corrected chi connectivity index (χ0v) is 12.2. The molecular formula is C15H14N2O3S. The van der Waals surface area contributed by atoms with Gasteiger partial charge in [-0.05, 0) is 48.4 Å². The van der Waals surface area contributed by atoms with Crippen LogP contribution in [0.25, 0.3) is 0 Å². The van der Waals surface area contributed by atoms with Crippen LogP contribution >= 0.6 is 0 Å². The molecule has 2 N–H and O–H groups in total. The molecule has 0 fully saturated rings. The SMILES string of the molecule is Cc1cc(C#N)ccc1S(=O)(=O)Nc1cccc(CO)c1. The number of benzene rings is 2. The van der Waals surface area contributed by atoms with Crippen molar-refractivity contribution in [3.8, 4) is 6.07 Å². The van der Waals surface area contributed by atoms with Crippen molar-refractivity contribution in [1.29, 1.82) is 5.26 Å². The monoisotopic (exact) mass is 302 g/mol. The number of aryl methyl sites for hydroxylation is 1. The van der Waals surface area contributed by atoms with E-state index in [-0.39, 0.29) is 11.5 Å². The Balaban J connectivity index is 2.36. The van der Waals surface area contributed by atoms with Gasteiger partial charge in [-0.2, -0.15) is 5.26 Å². The zero-order valence-electron chi connectivity index (χ0n) is 11.4. The number of anilines is 1. The van der Waals surface area contributed by atoms with Gasteiger partial charge >= 0.3 is 0 Å². The highest BCUT2D eigenvalue weighted by atomic mass is 32.2. The lowest BCUT2D eigenvalue weighted by Gasteiger charge is -2.11. The lowest BCUT2D eigenvalue weighted by Crippen LogP contribution is -2.14. The van der Waals surface area contributed by atoms with Crippen LogP contribution in [0.4, 0.5) is 5.69 Å². The fourth-order valence-electron chi connectivity index (χ4n) is 1.96. The van der Waals surface area contributed by atoms with E-state index in [1.54, 1.807) is 31.2 Å². The van der Waals surface area contributed by atoms with Crippen LogP contribution in [0.1, 0.15) is 16.7 Å². The Kier molecular flexibility index (Phi) is 4.26. The summed E-state index contributed by atoms with van der Waals surface area (Å²) in [5.74, 6) is 0. The first kappa shape index (κ1) is 15.0. The van der Waals surface area contributed by atoms with E-state index in [1.165, 1.54) is 18.2 Å². The van der Waals surface area contributed by atoms with Crippen LogP contribution in [0, 0.1) is 18.3 Å². The summed E-state index contributed by atoms with van der Waals surface area (Å²) in [6.07, 6.45) is 0. The highest BCUT2D eigenvalue weighted by Gasteiger charge is 2.17. The fraction of sp³-hybridized carbons (Fsp3) is 0.133. The van der Waals surface area contributed by atoms with Gasteiger partial charge in [-0.1, -0.05) is 12.1 Å². The first-order chi connectivity index (χ1) is 9.96. The molecule has 0 heterocycles. The Morgan fingerprint density at radius 2 is 2.00 bits per heavy atom. The first-order valence-electron chi connectivity index (χ1n) is 6.19. The molecule has 0 saturated carbocycles. The van der Waals surface area contributed by atoms with Crippen LogP contribution in [-0.4, -0.2) is 13.5 Å². The molecule has 0 aliphatic rings. The summed E-state index contributed by atoms with van der Waals surface area (Å²) in [5.41, 5.74) is 1.91. The minimum Gasteiger partial charge on any atom is -0.392 e. The molecule has 0 spiro atoms. The average Bonchev–Trinajstić information content (AvgIpc) is 2.46. The topological polar surface area (TPSA) is 90.2 Å². The number of aliphatic hydroxyl groups excluding tert-OH is 1. The summed E-state index contributed by atoms with van der Waals surface area (Å²) >= 11 is 0. The minimum absolute atomic E-state index is 0.121. The van der Waals surface area contributed by atoms with Crippen LogP contribution in [-0.2, 0) is 16.6 Å². The van der Waals surface area contributed by atoms with Crippen molar-refractivity contribution >= 4 is 15.7 Å². The number of sulfonamides is 1. The molecule has 0 unspecified atom stereocenters. The molecule has 0 bridgehead atoms. The molecule has 2 aromatic carbocycles. The average molecular weight is 302 g/mol. The number of rotatable bonds is 4. The van der Waals surface area contributed by atoms with E-state index in [1.807, 2.05) is 6.07 Å². The Morgan fingerprint density at radius 3 is 2.62 bits per heavy atom. The lowest BCUT2D eigenvalue weighted by atomic mass is 10.2. The minimum atomic E-state index is -3.74. The summed E-state index contributed by atoms with van der Waals surface area (Å²) in [6.45, 7) is 1.48. The van der Waals surface area contributed by atoms with Crippen molar-refractivity contribution in [3.05, 3.63) is 59.2 Å². The van der Waals surface area contributed by atoms with Gasteiger partial charge in [0.25, 0.3) is 10.0 Å². The largest absolute Gasteiger partial charge is 0.392 e. The van der Waals surface area contributed by atoms with Gasteiger partial charge in [-0.3, -0.25) is 4.72 Å². The highest BCUT2D eigenvalue weighted by molar-refractivity contribution is 7.92. The Hall–Kier alpha value is -2.36. The van der Waals surface area contributed by atoms with E-state index in [4.69, 9.17) is 10.4 Å². The predicted molar refractivity (Wildman–Crippen MR) is 79.1 cm³/mol. The molecule has 0 aliphatic heterocycles. The number of nitrogens with zero attached hydrogens (tertiary/aromatic N) is 1. The van der Waals surface area contributed by atoms with E-state index < -0.39 is 10.0 Å². The highest BCUT2D eigenvalue weighted by Crippen LogP contribution is 2.21. The molecule has 21 heavy (non-hydrogen) atoms. The molecule has 2 rings (SSSR count). The molecule has 6 heteroatoms. The molecule has 0 atom stereocenters. The van der Waals surface area contributed by atoms with Crippen molar-refractivity contribution in [1.82, 2.24) is 0 Å². The van der Waals surface area contributed by atoms with Crippen LogP contribution < -0.4 is 4.72 Å². The quantitative estimate of drug-likeness (QED) is 0.905. The number of hydrogen-bond acceptors (Lipinski definition) is 4. The lowest BCUT2D eigenvalue weighted by molar-refractivity contribution is 0.282. The molecule has 0 saturated heterocycles. The van der Waals surface area contributed by atoms with Gasteiger partial charge in [0, 0.05) is 5.69 Å². The van der Waals surface area contributed by atoms with Crippen LogP contribution in [0.2, 0.25) is 0 Å². The van der Waals surface area contributed by atoms with Gasteiger partial charge in [-0.25, -0.2) is 8.42 Å². The molecule has 5 nitrogen and oxygen atoms in total. The van der Waals surface area contributed by atoms with Gasteiger partial charge in [-0.15, -0.1) is 0 Å². The third kappa shape index (κ3) is 3.40. The molecular weight excluding hydrogens is 288 g/mol. The van der Waals surface area contributed by atoms with Gasteiger partial charge in [0.2, 0.25) is 0 Å². The normalized spacial score (nSPS) is 10.9. The first-order valence-corrected chi connectivity index (χ1v) is 7.68. The third-order valence-corrected chi connectivity index (χ3v) is 4.50. The summed E-state index contributed by atoms with van der Waals surface area (Å²) < 4.78 is 27.2. The van der Waals surface area contributed by atoms with Crippen molar-refractivity contribution in [2.24, 2.45) is 0 Å². The van der Waals surface area contributed by atoms with Crippen molar-refractivity contribution in [3.63, 3.8) is 0 Å². The summed E-state index contributed by atoms with van der Waals surface area (Å²) in [6, 6.07) is 12.9. The summed E-state index contributed by atoms with van der Waals surface area (Å²) in [4.78, 5) is 0.121. The second-order valence-corrected chi connectivity index (χ2v) is 6.21. The van der Waals surface area contributed by atoms with E-state index in [9.17, 15) is 8.42 Å². The fourth-order valence-corrected chi connectivity index (χ4v) is 3.24. The van der Waals surface area contributed by atoms with Crippen LogP contribution in [0.5, 0.6) is 0 Å². The molecule has 108 valence electrons. The standard InChI is InChI=1S/C15H14N2O3S/c1-11-7-12(9-16)5-6-15(11)21(19,20)17-14-4-2-3-13(8-14)10-18/h2-8,17-18H,10H2,1H3. The van der Waals surface area contributed by atoms with Crippen molar-refractivity contribution in [2.45, 2.75) is 18.4 Å². The summed E-state index contributed by atoms with van der Waals surface area (Å²) in [7, 11) is -3.74. The Labute approximate surface area is 123 Å². The Bertz CT molecular complexity index is 808. The van der Waals surface area contributed by atoms with Crippen LogP contribution in [0.3, 0.4) is 0 Å². The third-order valence-electron chi connectivity index (χ3n) is 2.96. The van der Waals surface area contributed by atoms with E-state index >= 15 is 0 Å². The second kappa shape index (κ2) is 5.95. The van der Waals surface area contributed by atoms with Gasteiger partial charge in [0.1, 0.15) is 0 Å². The number of nitrogens with one attached hydrogen (secondary N) is 1. The van der Waals surface area contributed by atoms with Crippen molar-refractivity contribution < 1.29 is 13.5 Å². The summed E-state index contributed by atoms with van der Waals surface area (Å²) in [5, 5.41) is 17.9. The number of nitriles is 1. The maximum absolute atomic E-state index is 12.4. The van der Waals surface area contributed by atoms with E-state index in [2.05, 4.69) is 4.72 Å². The van der Waals surface area contributed by atoms with Gasteiger partial charge in [0.05, 0.1) is 23.1 Å². The molecule has 0 radical (unpaired) electrons. The second-order valence-electron chi connectivity index (χ2n) is 4.56. The van der Waals surface area contributed by atoms with Gasteiger partial charge in [0.15, 0.2) is 0 Å². The Morgan fingerprint density at radius 1 is 1.24 bits per heavy atom. The molecule has 2 aromatic rings. The van der Waals surface area contributed by atoms with Crippen molar-refractivity contribution in [2.75, 3.05) is 4.72 Å². The van der Waals surface area contributed by atoms with E-state index in [0.717, 1.165) is 0 Å².